The van der Waals surface area contributed by atoms with Crippen LogP contribution in [0.25, 0.3) is 0 Å². The predicted octanol–water partition coefficient (Wildman–Crippen LogP) is 1.89. The van der Waals surface area contributed by atoms with Crippen LogP contribution in [0.2, 0.25) is 0 Å². The summed E-state index contributed by atoms with van der Waals surface area (Å²) in [6.07, 6.45) is 4.25. The SMILES string of the molecule is CCC1CCCCC1(C(=O)O)N(C)C(C)=O. The molecule has 4 heteroatoms. The summed E-state index contributed by atoms with van der Waals surface area (Å²) in [7, 11) is 1.62. The summed E-state index contributed by atoms with van der Waals surface area (Å²) >= 11 is 0. The molecule has 4 nitrogen and oxygen atoms in total. The molecule has 0 aliphatic heterocycles. The number of amides is 1. The van der Waals surface area contributed by atoms with E-state index in [0.717, 1.165) is 25.7 Å². The Morgan fingerprint density at radius 1 is 1.44 bits per heavy atom. The van der Waals surface area contributed by atoms with E-state index in [-0.39, 0.29) is 11.8 Å². The zero-order valence-corrected chi connectivity index (χ0v) is 10.3. The molecule has 0 radical (unpaired) electrons. The third-order valence-electron chi connectivity index (χ3n) is 3.97. The molecule has 1 fully saturated rings. The Hall–Kier alpha value is -1.06. The zero-order chi connectivity index (χ0) is 12.3. The molecule has 0 bridgehead atoms. The van der Waals surface area contributed by atoms with Gasteiger partial charge in [-0.25, -0.2) is 4.79 Å². The van der Waals surface area contributed by atoms with Gasteiger partial charge in [-0.3, -0.25) is 4.79 Å². The van der Waals surface area contributed by atoms with Gasteiger partial charge in [0.15, 0.2) is 0 Å². The molecule has 1 N–H and O–H groups in total. The largest absolute Gasteiger partial charge is 0.479 e. The van der Waals surface area contributed by atoms with Crippen LogP contribution in [-0.4, -0.2) is 34.5 Å². The molecule has 0 aromatic carbocycles. The van der Waals surface area contributed by atoms with Crippen LogP contribution in [0.4, 0.5) is 0 Å². The van der Waals surface area contributed by atoms with E-state index in [0.29, 0.717) is 6.42 Å². The van der Waals surface area contributed by atoms with E-state index in [4.69, 9.17) is 0 Å². The van der Waals surface area contributed by atoms with Crippen LogP contribution in [-0.2, 0) is 9.59 Å². The van der Waals surface area contributed by atoms with Crippen LogP contribution in [0, 0.1) is 5.92 Å². The van der Waals surface area contributed by atoms with Crippen molar-refractivity contribution in [2.75, 3.05) is 7.05 Å². The Bertz CT molecular complexity index is 290. The average molecular weight is 227 g/mol. The summed E-state index contributed by atoms with van der Waals surface area (Å²) in [4.78, 5) is 24.5. The van der Waals surface area contributed by atoms with Crippen molar-refractivity contribution in [1.29, 1.82) is 0 Å². The second kappa shape index (κ2) is 4.85. The van der Waals surface area contributed by atoms with Crippen LogP contribution in [0.15, 0.2) is 0 Å². The van der Waals surface area contributed by atoms with Crippen LogP contribution in [0.1, 0.15) is 46.0 Å². The molecule has 16 heavy (non-hydrogen) atoms. The van der Waals surface area contributed by atoms with Crippen LogP contribution < -0.4 is 0 Å². The number of hydrogen-bond acceptors (Lipinski definition) is 2. The molecule has 1 aliphatic rings. The van der Waals surface area contributed by atoms with Crippen molar-refractivity contribution in [3.05, 3.63) is 0 Å². The van der Waals surface area contributed by atoms with Crippen molar-refractivity contribution in [2.24, 2.45) is 5.92 Å². The van der Waals surface area contributed by atoms with Crippen molar-refractivity contribution in [3.63, 3.8) is 0 Å². The quantitative estimate of drug-likeness (QED) is 0.801. The number of carboxylic acids is 1. The van der Waals surface area contributed by atoms with Crippen molar-refractivity contribution in [1.82, 2.24) is 4.90 Å². The number of carboxylic acid groups (broad SMARTS) is 1. The summed E-state index contributed by atoms with van der Waals surface area (Å²) < 4.78 is 0. The number of hydrogen-bond donors (Lipinski definition) is 1. The van der Waals surface area contributed by atoms with E-state index in [2.05, 4.69) is 0 Å². The third-order valence-corrected chi connectivity index (χ3v) is 3.97. The number of carbonyl (C=O) groups is 2. The van der Waals surface area contributed by atoms with Gasteiger partial charge in [-0.05, 0) is 18.8 Å². The Morgan fingerprint density at radius 2 is 2.06 bits per heavy atom. The lowest BCUT2D eigenvalue weighted by molar-refractivity contribution is -0.164. The molecule has 1 amide bonds. The minimum Gasteiger partial charge on any atom is -0.479 e. The lowest BCUT2D eigenvalue weighted by Gasteiger charge is -2.46. The van der Waals surface area contributed by atoms with E-state index < -0.39 is 11.5 Å². The highest BCUT2D eigenvalue weighted by atomic mass is 16.4. The number of rotatable bonds is 3. The maximum Gasteiger partial charge on any atom is 0.329 e. The molecule has 2 atom stereocenters. The highest BCUT2D eigenvalue weighted by molar-refractivity contribution is 5.86. The number of likely N-dealkylation sites (N-methyl/N-ethyl adjacent to an activating group) is 1. The summed E-state index contributed by atoms with van der Waals surface area (Å²) in [5, 5.41) is 9.52. The van der Waals surface area contributed by atoms with E-state index in [1.165, 1.54) is 11.8 Å². The Balaban J connectivity index is 3.10. The standard InChI is InChI=1S/C12H21NO3/c1-4-10-7-5-6-8-12(10,11(15)16)13(3)9(2)14/h10H,4-8H2,1-3H3,(H,15,16). The molecule has 1 rings (SSSR count). The van der Waals surface area contributed by atoms with Crippen LogP contribution in [0.5, 0.6) is 0 Å². The molecule has 0 spiro atoms. The molecular formula is C12H21NO3. The maximum absolute atomic E-state index is 11.6. The van der Waals surface area contributed by atoms with E-state index in [9.17, 15) is 14.7 Å². The molecule has 2 unspecified atom stereocenters. The first-order valence-electron chi connectivity index (χ1n) is 5.94. The van der Waals surface area contributed by atoms with E-state index >= 15 is 0 Å². The van der Waals surface area contributed by atoms with Crippen molar-refractivity contribution in [3.8, 4) is 0 Å². The summed E-state index contributed by atoms with van der Waals surface area (Å²) in [5.41, 5.74) is -0.973. The number of nitrogens with zero attached hydrogens (tertiary/aromatic N) is 1. The average Bonchev–Trinajstić information content (AvgIpc) is 2.27. The number of carbonyl (C=O) groups excluding carboxylic acids is 1. The fourth-order valence-corrected chi connectivity index (χ4v) is 2.92. The van der Waals surface area contributed by atoms with Gasteiger partial charge in [0.1, 0.15) is 5.54 Å². The fraction of sp³-hybridized carbons (Fsp3) is 0.833. The predicted molar refractivity (Wildman–Crippen MR) is 61.1 cm³/mol. The molecular weight excluding hydrogens is 206 g/mol. The molecule has 0 heterocycles. The Morgan fingerprint density at radius 3 is 2.50 bits per heavy atom. The molecule has 0 aromatic heterocycles. The van der Waals surface area contributed by atoms with Gasteiger partial charge in [-0.2, -0.15) is 0 Å². The lowest BCUT2D eigenvalue weighted by atomic mass is 9.70. The van der Waals surface area contributed by atoms with Gasteiger partial charge in [0.2, 0.25) is 5.91 Å². The third kappa shape index (κ3) is 1.93. The molecule has 1 aliphatic carbocycles. The first-order valence-corrected chi connectivity index (χ1v) is 5.94. The van der Waals surface area contributed by atoms with Gasteiger partial charge in [0.25, 0.3) is 0 Å². The highest BCUT2D eigenvalue weighted by Crippen LogP contribution is 2.40. The molecule has 0 saturated heterocycles. The summed E-state index contributed by atoms with van der Waals surface area (Å²) in [6, 6.07) is 0. The minimum atomic E-state index is -0.973. The van der Waals surface area contributed by atoms with Gasteiger partial charge in [-0.15, -0.1) is 0 Å². The highest BCUT2D eigenvalue weighted by Gasteiger charge is 2.50. The molecule has 1 saturated carbocycles. The van der Waals surface area contributed by atoms with Gasteiger partial charge < -0.3 is 10.0 Å². The topological polar surface area (TPSA) is 57.6 Å². The lowest BCUT2D eigenvalue weighted by Crippen LogP contribution is -2.60. The zero-order valence-electron chi connectivity index (χ0n) is 10.3. The second-order valence-corrected chi connectivity index (χ2v) is 4.66. The van der Waals surface area contributed by atoms with Gasteiger partial charge >= 0.3 is 5.97 Å². The summed E-state index contributed by atoms with van der Waals surface area (Å²) in [5.74, 6) is -0.938. The maximum atomic E-state index is 11.6. The second-order valence-electron chi connectivity index (χ2n) is 4.66. The van der Waals surface area contributed by atoms with Gasteiger partial charge in [-0.1, -0.05) is 26.2 Å². The van der Waals surface area contributed by atoms with Crippen molar-refractivity contribution < 1.29 is 14.7 Å². The van der Waals surface area contributed by atoms with E-state index in [1.54, 1.807) is 7.05 Å². The van der Waals surface area contributed by atoms with Gasteiger partial charge in [0.05, 0.1) is 0 Å². The van der Waals surface area contributed by atoms with Gasteiger partial charge in [0, 0.05) is 14.0 Å². The molecule has 92 valence electrons. The summed E-state index contributed by atoms with van der Waals surface area (Å²) in [6.45, 7) is 3.44. The van der Waals surface area contributed by atoms with Crippen LogP contribution in [0.3, 0.4) is 0 Å². The van der Waals surface area contributed by atoms with Crippen molar-refractivity contribution in [2.45, 2.75) is 51.5 Å². The smallest absolute Gasteiger partial charge is 0.329 e. The minimum absolute atomic E-state index is 0.0765. The first kappa shape index (κ1) is 13.0. The van der Waals surface area contributed by atoms with E-state index in [1.807, 2.05) is 6.92 Å². The monoisotopic (exact) mass is 227 g/mol. The number of aliphatic carboxylic acids is 1. The van der Waals surface area contributed by atoms with Crippen molar-refractivity contribution >= 4 is 11.9 Å². The van der Waals surface area contributed by atoms with Crippen LogP contribution >= 0.6 is 0 Å². The fourth-order valence-electron chi connectivity index (χ4n) is 2.92. The normalized spacial score (nSPS) is 29.8. The first-order chi connectivity index (χ1) is 7.46. The Labute approximate surface area is 96.6 Å². The molecule has 0 aromatic rings. The Kier molecular flexibility index (Phi) is 3.94.